The van der Waals surface area contributed by atoms with Crippen LogP contribution in [0.2, 0.25) is 0 Å². The third kappa shape index (κ3) is 2.17. The van der Waals surface area contributed by atoms with Gasteiger partial charge in [0.15, 0.2) is 5.76 Å². The van der Waals surface area contributed by atoms with Gasteiger partial charge in [-0.3, -0.25) is 5.10 Å². The monoisotopic (exact) mass is 259 g/mol. The fourth-order valence-corrected chi connectivity index (χ4v) is 2.40. The zero-order chi connectivity index (χ0) is 12.4. The number of aryl methyl sites for hydroxylation is 1. The maximum atomic E-state index is 5.61. The van der Waals surface area contributed by atoms with Crippen LogP contribution in [-0.2, 0) is 6.54 Å². The van der Waals surface area contributed by atoms with Crippen LogP contribution < -0.4 is 5.32 Å². The molecule has 3 aromatic rings. The van der Waals surface area contributed by atoms with Crippen molar-refractivity contribution in [2.24, 2.45) is 0 Å². The van der Waals surface area contributed by atoms with Crippen LogP contribution in [0, 0.1) is 6.92 Å². The third-order valence-electron chi connectivity index (χ3n) is 2.71. The Morgan fingerprint density at radius 1 is 1.39 bits per heavy atom. The molecule has 0 aromatic carbocycles. The number of aromatic amines is 1. The van der Waals surface area contributed by atoms with Crippen molar-refractivity contribution >= 4 is 17.0 Å². The first-order valence-corrected chi connectivity index (χ1v) is 6.62. The Kier molecular flexibility index (Phi) is 2.90. The molecule has 0 aliphatic carbocycles. The van der Waals surface area contributed by atoms with Gasteiger partial charge in [0, 0.05) is 23.2 Å². The highest BCUT2D eigenvalue weighted by Gasteiger charge is 2.10. The molecule has 0 unspecified atom stereocenters. The maximum Gasteiger partial charge on any atom is 0.152 e. The van der Waals surface area contributed by atoms with Crippen molar-refractivity contribution in [3.63, 3.8) is 0 Å². The smallest absolute Gasteiger partial charge is 0.152 e. The van der Waals surface area contributed by atoms with E-state index >= 15 is 0 Å². The van der Waals surface area contributed by atoms with E-state index in [-0.39, 0.29) is 0 Å². The van der Waals surface area contributed by atoms with E-state index < -0.39 is 0 Å². The van der Waals surface area contributed by atoms with Gasteiger partial charge < -0.3 is 9.73 Å². The fourth-order valence-electron chi connectivity index (χ4n) is 1.79. The summed E-state index contributed by atoms with van der Waals surface area (Å²) in [6, 6.07) is 5.96. The highest BCUT2D eigenvalue weighted by molar-refractivity contribution is 7.08. The summed E-state index contributed by atoms with van der Waals surface area (Å²) in [5.74, 6) is 1.73. The van der Waals surface area contributed by atoms with Crippen molar-refractivity contribution in [2.45, 2.75) is 13.5 Å². The molecular formula is C13H13N3OS. The summed E-state index contributed by atoms with van der Waals surface area (Å²) < 4.78 is 5.61. The molecule has 92 valence electrons. The molecule has 2 N–H and O–H groups in total. The summed E-state index contributed by atoms with van der Waals surface area (Å²) in [5.41, 5.74) is 3.16. The predicted molar refractivity (Wildman–Crippen MR) is 72.7 cm³/mol. The molecule has 0 saturated heterocycles. The van der Waals surface area contributed by atoms with Crippen LogP contribution in [0.3, 0.4) is 0 Å². The van der Waals surface area contributed by atoms with Gasteiger partial charge in [-0.15, -0.1) is 0 Å². The van der Waals surface area contributed by atoms with E-state index in [1.807, 2.05) is 25.3 Å². The molecule has 3 rings (SSSR count). The molecule has 0 atom stereocenters. The van der Waals surface area contributed by atoms with Crippen molar-refractivity contribution in [1.82, 2.24) is 10.2 Å². The molecule has 3 aromatic heterocycles. The van der Waals surface area contributed by atoms with E-state index in [9.17, 15) is 0 Å². The summed E-state index contributed by atoms with van der Waals surface area (Å²) in [4.78, 5) is 0. The minimum atomic E-state index is 0.725. The lowest BCUT2D eigenvalue weighted by Gasteiger charge is -2.03. The quantitative estimate of drug-likeness (QED) is 0.752. The van der Waals surface area contributed by atoms with E-state index in [2.05, 4.69) is 32.3 Å². The van der Waals surface area contributed by atoms with Gasteiger partial charge in [0.25, 0.3) is 0 Å². The molecule has 3 heterocycles. The number of nitrogens with zero attached hydrogens (tertiary/aromatic N) is 1. The maximum absolute atomic E-state index is 5.61. The van der Waals surface area contributed by atoms with Crippen LogP contribution in [0.4, 0.5) is 5.69 Å². The number of thiophene rings is 1. The van der Waals surface area contributed by atoms with Crippen LogP contribution >= 0.6 is 11.3 Å². The first-order chi connectivity index (χ1) is 8.83. The number of H-pyrrole nitrogens is 1. The standard InChI is InChI=1S/C13H13N3OS/c1-9-2-3-12(17-9)13-10(7-15-16-13)6-14-11-4-5-18-8-11/h2-5,7-8,14H,6H2,1H3,(H,15,16). The van der Waals surface area contributed by atoms with Crippen LogP contribution in [0.1, 0.15) is 11.3 Å². The van der Waals surface area contributed by atoms with E-state index in [4.69, 9.17) is 4.42 Å². The number of hydrogen-bond donors (Lipinski definition) is 2. The second kappa shape index (κ2) is 4.70. The average Bonchev–Trinajstić information content (AvgIpc) is 3.07. The lowest BCUT2D eigenvalue weighted by molar-refractivity contribution is 0.545. The molecule has 0 fully saturated rings. The SMILES string of the molecule is Cc1ccc(-c2[nH]ncc2CNc2ccsc2)o1. The summed E-state index contributed by atoms with van der Waals surface area (Å²) in [7, 11) is 0. The van der Waals surface area contributed by atoms with Crippen molar-refractivity contribution in [3.8, 4) is 11.5 Å². The van der Waals surface area contributed by atoms with Gasteiger partial charge in [-0.2, -0.15) is 16.4 Å². The zero-order valence-corrected chi connectivity index (χ0v) is 10.8. The lowest BCUT2D eigenvalue weighted by atomic mass is 10.2. The van der Waals surface area contributed by atoms with Crippen LogP contribution in [0.5, 0.6) is 0 Å². The van der Waals surface area contributed by atoms with Crippen molar-refractivity contribution in [1.29, 1.82) is 0 Å². The first-order valence-electron chi connectivity index (χ1n) is 5.68. The molecule has 0 aliphatic rings. The molecule has 0 amide bonds. The number of aromatic nitrogens is 2. The number of anilines is 1. The van der Waals surface area contributed by atoms with Crippen molar-refractivity contribution in [3.05, 3.63) is 46.5 Å². The summed E-state index contributed by atoms with van der Waals surface area (Å²) >= 11 is 1.68. The number of rotatable bonds is 4. The van der Waals surface area contributed by atoms with Crippen LogP contribution in [0.15, 0.2) is 39.6 Å². The zero-order valence-electron chi connectivity index (χ0n) is 9.93. The number of furan rings is 1. The normalized spacial score (nSPS) is 10.7. The lowest BCUT2D eigenvalue weighted by Crippen LogP contribution is -1.98. The average molecular weight is 259 g/mol. The highest BCUT2D eigenvalue weighted by Crippen LogP contribution is 2.24. The minimum absolute atomic E-state index is 0.725. The van der Waals surface area contributed by atoms with Crippen molar-refractivity contribution < 1.29 is 4.42 Å². The Bertz CT molecular complexity index is 624. The van der Waals surface area contributed by atoms with Gasteiger partial charge in [0.05, 0.1) is 6.20 Å². The van der Waals surface area contributed by atoms with Gasteiger partial charge in [0.2, 0.25) is 0 Å². The second-order valence-electron chi connectivity index (χ2n) is 4.05. The molecule has 18 heavy (non-hydrogen) atoms. The van der Waals surface area contributed by atoms with Gasteiger partial charge in [-0.05, 0) is 30.5 Å². The van der Waals surface area contributed by atoms with Gasteiger partial charge >= 0.3 is 0 Å². The highest BCUT2D eigenvalue weighted by atomic mass is 32.1. The summed E-state index contributed by atoms with van der Waals surface area (Å²) in [6.07, 6.45) is 1.83. The first kappa shape index (κ1) is 11.1. The van der Waals surface area contributed by atoms with Gasteiger partial charge in [-0.25, -0.2) is 0 Å². The van der Waals surface area contributed by atoms with Crippen molar-refractivity contribution in [2.75, 3.05) is 5.32 Å². The fraction of sp³-hybridized carbons (Fsp3) is 0.154. The molecular weight excluding hydrogens is 246 g/mol. The van der Waals surface area contributed by atoms with E-state index in [1.54, 1.807) is 11.3 Å². The molecule has 0 radical (unpaired) electrons. The molecule has 5 heteroatoms. The Morgan fingerprint density at radius 2 is 2.33 bits per heavy atom. The Morgan fingerprint density at radius 3 is 3.06 bits per heavy atom. The van der Waals surface area contributed by atoms with Gasteiger partial charge in [-0.1, -0.05) is 0 Å². The number of nitrogens with one attached hydrogen (secondary N) is 2. The Hall–Kier alpha value is -2.01. The molecule has 0 spiro atoms. The predicted octanol–water partition coefficient (Wildman–Crippen LogP) is 3.65. The van der Waals surface area contributed by atoms with E-state index in [1.165, 1.54) is 0 Å². The second-order valence-corrected chi connectivity index (χ2v) is 4.83. The minimum Gasteiger partial charge on any atom is -0.460 e. The third-order valence-corrected chi connectivity index (χ3v) is 3.39. The molecule has 0 aliphatic heterocycles. The Balaban J connectivity index is 1.79. The molecule has 0 bridgehead atoms. The van der Waals surface area contributed by atoms with E-state index in [0.29, 0.717) is 0 Å². The van der Waals surface area contributed by atoms with Crippen LogP contribution in [-0.4, -0.2) is 10.2 Å². The summed E-state index contributed by atoms with van der Waals surface area (Å²) in [5, 5.41) is 14.6. The largest absolute Gasteiger partial charge is 0.460 e. The molecule has 4 nitrogen and oxygen atoms in total. The Labute approximate surface area is 109 Å². The van der Waals surface area contributed by atoms with Gasteiger partial charge in [0.1, 0.15) is 11.5 Å². The summed E-state index contributed by atoms with van der Waals surface area (Å²) in [6.45, 7) is 2.66. The molecule has 0 saturated carbocycles. The van der Waals surface area contributed by atoms with Crippen LogP contribution in [0.25, 0.3) is 11.5 Å². The topological polar surface area (TPSA) is 53.9 Å². The number of hydrogen-bond acceptors (Lipinski definition) is 4. The van der Waals surface area contributed by atoms with E-state index in [0.717, 1.165) is 35.0 Å².